The van der Waals surface area contributed by atoms with E-state index in [4.69, 9.17) is 10.00 Å². The zero-order chi connectivity index (χ0) is 21.8. The number of anilines is 1. The Morgan fingerprint density at radius 2 is 1.67 bits per heavy atom. The van der Waals surface area contributed by atoms with Gasteiger partial charge in [0.15, 0.2) is 0 Å². The number of ether oxygens (including phenoxy) is 1. The third-order valence-corrected chi connectivity index (χ3v) is 4.10. The van der Waals surface area contributed by atoms with Crippen LogP contribution in [0.15, 0.2) is 89.6 Å². The molecule has 0 heterocycles. The number of nitriles is 1. The van der Waals surface area contributed by atoms with Crippen LogP contribution in [0.1, 0.15) is 12.5 Å². The molecule has 0 fully saturated rings. The van der Waals surface area contributed by atoms with Gasteiger partial charge in [0.1, 0.15) is 18.2 Å². The van der Waals surface area contributed by atoms with E-state index in [-0.39, 0.29) is 12.2 Å². The van der Waals surface area contributed by atoms with E-state index in [9.17, 15) is 4.79 Å². The summed E-state index contributed by atoms with van der Waals surface area (Å²) in [5.41, 5.74) is 3.11. The number of hydrogen-bond acceptors (Lipinski definition) is 6. The number of hydrogen-bond donors (Lipinski definition) is 0. The average Bonchev–Trinajstić information content (AvgIpc) is 2.79. The zero-order valence-corrected chi connectivity index (χ0v) is 17.0. The third kappa shape index (κ3) is 6.57. The highest BCUT2D eigenvalue weighted by Crippen LogP contribution is 2.23. The Kier molecular flexibility index (Phi) is 8.75. The van der Waals surface area contributed by atoms with Crippen molar-refractivity contribution in [2.75, 3.05) is 24.6 Å². The Labute approximate surface area is 177 Å². The molecule has 0 saturated carbocycles. The molecule has 2 aromatic carbocycles. The van der Waals surface area contributed by atoms with Crippen LogP contribution in [0.3, 0.4) is 0 Å². The highest BCUT2D eigenvalue weighted by atomic mass is 16.5. The first kappa shape index (κ1) is 22.3. The third-order valence-electron chi connectivity index (χ3n) is 4.10. The summed E-state index contributed by atoms with van der Waals surface area (Å²) < 4.78 is 4.88. The van der Waals surface area contributed by atoms with Gasteiger partial charge in [-0.3, -0.25) is 0 Å². The molecule has 0 atom stereocenters. The van der Waals surface area contributed by atoms with Gasteiger partial charge in [-0.1, -0.05) is 30.9 Å². The second kappa shape index (κ2) is 11.8. The van der Waals surface area contributed by atoms with Crippen LogP contribution in [-0.4, -0.2) is 25.7 Å². The van der Waals surface area contributed by atoms with E-state index in [0.29, 0.717) is 11.3 Å². The quantitative estimate of drug-likeness (QED) is 0.167. The normalized spacial score (nSPS) is 11.0. The first-order valence-electron chi connectivity index (χ1n) is 9.48. The van der Waals surface area contributed by atoms with Crippen molar-refractivity contribution in [3.05, 3.63) is 85.0 Å². The Hall–Kier alpha value is -3.98. The van der Waals surface area contributed by atoms with Gasteiger partial charge in [0.2, 0.25) is 0 Å². The maximum absolute atomic E-state index is 11.8. The molecule has 152 valence electrons. The molecule has 0 spiro atoms. The minimum absolute atomic E-state index is 0.0584. The van der Waals surface area contributed by atoms with Gasteiger partial charge in [0, 0.05) is 18.8 Å². The Morgan fingerprint density at radius 3 is 2.17 bits per heavy atom. The zero-order valence-electron chi connectivity index (χ0n) is 17.0. The largest absolute Gasteiger partial charge is 0.457 e. The molecule has 6 heteroatoms. The first-order valence-corrected chi connectivity index (χ1v) is 9.48. The fraction of sp³-hybridized carbons (Fsp3) is 0.167. The van der Waals surface area contributed by atoms with Crippen LogP contribution in [0.4, 0.5) is 17.1 Å². The smallest absolute Gasteiger partial charge is 0.349 e. The molecule has 30 heavy (non-hydrogen) atoms. The fourth-order valence-corrected chi connectivity index (χ4v) is 2.57. The highest BCUT2D eigenvalue weighted by molar-refractivity contribution is 5.97. The van der Waals surface area contributed by atoms with Gasteiger partial charge in [-0.15, -0.1) is 6.58 Å². The molecule has 0 aromatic heterocycles. The van der Waals surface area contributed by atoms with Gasteiger partial charge < -0.3 is 9.64 Å². The maximum Gasteiger partial charge on any atom is 0.349 e. The lowest BCUT2D eigenvalue weighted by Gasteiger charge is -2.21. The number of azo groups is 1. The van der Waals surface area contributed by atoms with E-state index >= 15 is 0 Å². The van der Waals surface area contributed by atoms with Crippen LogP contribution in [-0.2, 0) is 9.53 Å². The van der Waals surface area contributed by atoms with Gasteiger partial charge in [-0.05, 0) is 55.0 Å². The Bertz CT molecular complexity index is 968. The Morgan fingerprint density at radius 1 is 1.07 bits per heavy atom. The average molecular weight is 400 g/mol. The van der Waals surface area contributed by atoms with Crippen LogP contribution >= 0.6 is 0 Å². The van der Waals surface area contributed by atoms with Crippen molar-refractivity contribution < 1.29 is 9.53 Å². The second-order valence-corrected chi connectivity index (χ2v) is 6.19. The van der Waals surface area contributed by atoms with Gasteiger partial charge >= 0.3 is 5.97 Å². The lowest BCUT2D eigenvalue weighted by atomic mass is 10.1. The topological polar surface area (TPSA) is 78.0 Å². The van der Waals surface area contributed by atoms with Gasteiger partial charge in [0.05, 0.1) is 11.4 Å². The number of esters is 1. The summed E-state index contributed by atoms with van der Waals surface area (Å²) in [5, 5.41) is 17.6. The maximum atomic E-state index is 11.8. The monoisotopic (exact) mass is 400 g/mol. The number of nitrogens with zero attached hydrogens (tertiary/aromatic N) is 4. The lowest BCUT2D eigenvalue weighted by Crippen LogP contribution is -2.22. The summed E-state index contributed by atoms with van der Waals surface area (Å²) in [6.45, 7) is 11.1. The van der Waals surface area contributed by atoms with E-state index < -0.39 is 5.97 Å². The highest BCUT2D eigenvalue weighted by Gasteiger charge is 2.09. The first-order chi connectivity index (χ1) is 14.6. The molecule has 0 aliphatic carbocycles. The molecular formula is C24H24N4O2. The minimum Gasteiger partial charge on any atom is -0.457 e. The van der Waals surface area contributed by atoms with Gasteiger partial charge in [0.25, 0.3) is 0 Å². The number of carbonyl (C=O) groups excluding carboxylic acids is 1. The molecule has 0 saturated heterocycles. The number of benzene rings is 2. The van der Waals surface area contributed by atoms with Crippen molar-refractivity contribution in [2.24, 2.45) is 10.2 Å². The number of likely N-dealkylation sites (N-methyl/N-ethyl adjacent to an activating group) is 1. The van der Waals surface area contributed by atoms with Crippen LogP contribution in [0.5, 0.6) is 0 Å². The predicted octanol–water partition coefficient (Wildman–Crippen LogP) is 5.75. The minimum atomic E-state index is -0.681. The molecular weight excluding hydrogens is 376 g/mol. The molecule has 6 nitrogen and oxygen atoms in total. The molecule has 0 aliphatic rings. The second-order valence-electron chi connectivity index (χ2n) is 6.19. The van der Waals surface area contributed by atoms with Crippen LogP contribution in [0, 0.1) is 11.3 Å². The number of carbonyl (C=O) groups is 1. The van der Waals surface area contributed by atoms with Gasteiger partial charge in [-0.2, -0.15) is 15.5 Å². The van der Waals surface area contributed by atoms with Crippen LogP contribution in [0.25, 0.3) is 6.08 Å². The molecule has 0 unspecified atom stereocenters. The lowest BCUT2D eigenvalue weighted by molar-refractivity contribution is -0.137. The summed E-state index contributed by atoms with van der Waals surface area (Å²) >= 11 is 0. The van der Waals surface area contributed by atoms with Crippen molar-refractivity contribution in [3.63, 3.8) is 0 Å². The summed E-state index contributed by atoms with van der Waals surface area (Å²) in [7, 11) is 0. The Balaban J connectivity index is 2.06. The summed E-state index contributed by atoms with van der Waals surface area (Å²) in [6.07, 6.45) is 4.79. The van der Waals surface area contributed by atoms with Crippen molar-refractivity contribution >= 4 is 29.1 Å². The van der Waals surface area contributed by atoms with E-state index in [1.54, 1.807) is 24.3 Å². The molecule has 2 aromatic rings. The molecule has 0 amide bonds. The summed E-state index contributed by atoms with van der Waals surface area (Å²) in [4.78, 5) is 14.0. The fourth-order valence-electron chi connectivity index (χ4n) is 2.57. The summed E-state index contributed by atoms with van der Waals surface area (Å²) in [6, 6.07) is 16.7. The van der Waals surface area contributed by atoms with E-state index in [0.717, 1.165) is 24.5 Å². The SMILES string of the molecule is C=CCOC(=O)/C(C#N)=C/c1ccc(N=Nc2ccc(N(CC)CC=C)cc2)cc1. The van der Waals surface area contributed by atoms with Gasteiger partial charge in [-0.25, -0.2) is 4.79 Å². The summed E-state index contributed by atoms with van der Waals surface area (Å²) in [5.74, 6) is -0.681. The standard InChI is InChI=1S/C24H24N4O2/c1-4-15-28(6-3)23-13-11-22(12-14-23)27-26-21-9-7-19(8-10-21)17-20(18-25)24(29)30-16-5-2/h4-5,7-14,17H,1-2,6,15-16H2,3H3/b20-17+,27-26?. The molecule has 0 radical (unpaired) electrons. The van der Waals surface area contributed by atoms with Crippen LogP contribution < -0.4 is 4.90 Å². The van der Waals surface area contributed by atoms with E-state index in [1.165, 1.54) is 12.2 Å². The molecule has 2 rings (SSSR count). The molecule has 0 bridgehead atoms. The van der Waals surface area contributed by atoms with E-state index in [1.807, 2.05) is 36.4 Å². The number of rotatable bonds is 10. The molecule has 0 aliphatic heterocycles. The van der Waals surface area contributed by atoms with Crippen LogP contribution in [0.2, 0.25) is 0 Å². The van der Waals surface area contributed by atoms with E-state index in [2.05, 4.69) is 35.2 Å². The van der Waals surface area contributed by atoms with Crippen molar-refractivity contribution in [1.82, 2.24) is 0 Å². The van der Waals surface area contributed by atoms with Crippen molar-refractivity contribution in [1.29, 1.82) is 5.26 Å². The predicted molar refractivity (Wildman–Crippen MR) is 120 cm³/mol. The molecule has 0 N–H and O–H groups in total. The van der Waals surface area contributed by atoms with Crippen molar-refractivity contribution in [3.8, 4) is 6.07 Å². The van der Waals surface area contributed by atoms with Crippen molar-refractivity contribution in [2.45, 2.75) is 6.92 Å².